The van der Waals surface area contributed by atoms with Crippen molar-refractivity contribution in [3.8, 4) is 0 Å². The van der Waals surface area contributed by atoms with Gasteiger partial charge in [0, 0.05) is 6.20 Å². The molecule has 2 heteroatoms. The molecule has 0 radical (unpaired) electrons. The van der Waals surface area contributed by atoms with Crippen molar-refractivity contribution in [2.24, 2.45) is 5.92 Å². The van der Waals surface area contributed by atoms with Crippen molar-refractivity contribution in [3.05, 3.63) is 11.8 Å². The molecule has 66 valence electrons. The molecular weight excluding hydrogens is 138 g/mol. The maximum Gasteiger partial charge on any atom is 0.0797 e. The van der Waals surface area contributed by atoms with Crippen molar-refractivity contribution < 1.29 is 4.84 Å². The van der Waals surface area contributed by atoms with Crippen LogP contribution in [0, 0.1) is 5.92 Å². The van der Waals surface area contributed by atoms with Gasteiger partial charge < -0.3 is 0 Å². The van der Waals surface area contributed by atoms with E-state index in [1.54, 1.807) is 0 Å². The summed E-state index contributed by atoms with van der Waals surface area (Å²) < 4.78 is 0. The Balaban J connectivity index is 3.57. The van der Waals surface area contributed by atoms with E-state index in [1.165, 1.54) is 5.57 Å². The third-order valence-electron chi connectivity index (χ3n) is 1.50. The largest absolute Gasteiger partial charge is 0.274 e. The summed E-state index contributed by atoms with van der Waals surface area (Å²) in [4.78, 5) is 5.14. The fourth-order valence-corrected chi connectivity index (χ4v) is 0.430. The zero-order valence-electron chi connectivity index (χ0n) is 8.14. The summed E-state index contributed by atoms with van der Waals surface area (Å²) in [7, 11) is 0. The molecule has 0 bridgehead atoms. The van der Waals surface area contributed by atoms with Gasteiger partial charge in [0.05, 0.1) is 6.10 Å². The van der Waals surface area contributed by atoms with E-state index in [9.17, 15) is 0 Å². The summed E-state index contributed by atoms with van der Waals surface area (Å²) in [6.45, 7) is 10.4. The summed E-state index contributed by atoms with van der Waals surface area (Å²) in [5.41, 5.74) is 4.10. The van der Waals surface area contributed by atoms with Crippen LogP contribution in [0.3, 0.4) is 0 Å². The first kappa shape index (κ1) is 10.5. The van der Waals surface area contributed by atoms with Crippen molar-refractivity contribution in [2.45, 2.75) is 40.7 Å². The molecule has 0 saturated heterocycles. The second-order valence-corrected chi connectivity index (χ2v) is 3.33. The second-order valence-electron chi connectivity index (χ2n) is 3.33. The molecule has 0 amide bonds. The molecule has 0 aliphatic heterocycles. The minimum atomic E-state index is 0.228. The third-order valence-corrected chi connectivity index (χ3v) is 1.50. The Hall–Kier alpha value is -0.500. The van der Waals surface area contributed by atoms with E-state index in [0.29, 0.717) is 5.92 Å². The second kappa shape index (κ2) is 5.19. The van der Waals surface area contributed by atoms with Crippen molar-refractivity contribution in [3.63, 3.8) is 0 Å². The standard InChI is InChI=1S/C9H19NO/c1-7(2)9(5)6-10-11-8(3)4/h6-8,10H,1-5H3/b9-6+. The molecule has 0 unspecified atom stereocenters. The highest BCUT2D eigenvalue weighted by atomic mass is 16.7. The first-order chi connectivity index (χ1) is 5.04. The highest BCUT2D eigenvalue weighted by Crippen LogP contribution is 2.05. The Kier molecular flexibility index (Phi) is 4.95. The highest BCUT2D eigenvalue weighted by Gasteiger charge is 1.95. The van der Waals surface area contributed by atoms with Crippen LogP contribution in [0.4, 0.5) is 0 Å². The van der Waals surface area contributed by atoms with Gasteiger partial charge in [-0.15, -0.1) is 0 Å². The Morgan fingerprint density at radius 1 is 1.27 bits per heavy atom. The fraction of sp³-hybridized carbons (Fsp3) is 0.778. The lowest BCUT2D eigenvalue weighted by Gasteiger charge is -2.08. The topological polar surface area (TPSA) is 21.3 Å². The average molecular weight is 157 g/mol. The quantitative estimate of drug-likeness (QED) is 0.633. The molecule has 0 aliphatic rings. The predicted octanol–water partition coefficient (Wildman–Crippen LogP) is 2.48. The molecular formula is C9H19NO. The molecule has 0 fully saturated rings. The van der Waals surface area contributed by atoms with Gasteiger partial charge in [-0.1, -0.05) is 19.4 Å². The zero-order valence-corrected chi connectivity index (χ0v) is 8.14. The molecule has 2 nitrogen and oxygen atoms in total. The maximum atomic E-state index is 5.14. The zero-order chi connectivity index (χ0) is 8.85. The Bertz CT molecular complexity index is 128. The van der Waals surface area contributed by atoms with Crippen LogP contribution >= 0.6 is 0 Å². The van der Waals surface area contributed by atoms with Crippen LogP contribution in [0.1, 0.15) is 34.6 Å². The Labute approximate surface area is 69.6 Å². The average Bonchev–Trinajstić information content (AvgIpc) is 1.86. The normalized spacial score (nSPS) is 12.8. The van der Waals surface area contributed by atoms with Gasteiger partial charge in [0.1, 0.15) is 0 Å². The predicted molar refractivity (Wildman–Crippen MR) is 48.0 cm³/mol. The number of hydroxylamine groups is 1. The molecule has 0 spiro atoms. The van der Waals surface area contributed by atoms with Gasteiger partial charge in [-0.3, -0.25) is 10.3 Å². The molecule has 0 aromatic heterocycles. The van der Waals surface area contributed by atoms with Crippen LogP contribution < -0.4 is 5.48 Å². The fourth-order valence-electron chi connectivity index (χ4n) is 0.430. The highest BCUT2D eigenvalue weighted by molar-refractivity contribution is 4.97. The number of hydrogen-bond acceptors (Lipinski definition) is 2. The SMILES string of the molecule is C/C(=C\NOC(C)C)C(C)C. The van der Waals surface area contributed by atoms with Gasteiger partial charge in [0.2, 0.25) is 0 Å². The van der Waals surface area contributed by atoms with Crippen molar-refractivity contribution in [1.82, 2.24) is 5.48 Å². The smallest absolute Gasteiger partial charge is 0.0797 e. The number of allylic oxidation sites excluding steroid dienone is 1. The van der Waals surface area contributed by atoms with Crippen molar-refractivity contribution in [2.75, 3.05) is 0 Å². The molecule has 1 N–H and O–H groups in total. The minimum Gasteiger partial charge on any atom is -0.274 e. The van der Waals surface area contributed by atoms with E-state index in [-0.39, 0.29) is 6.10 Å². The molecule has 0 aromatic rings. The molecule has 0 heterocycles. The first-order valence-electron chi connectivity index (χ1n) is 4.12. The summed E-state index contributed by atoms with van der Waals surface area (Å²) in [6.07, 6.45) is 2.14. The molecule has 0 aliphatic carbocycles. The molecule has 0 saturated carbocycles. The van der Waals surface area contributed by atoms with E-state index < -0.39 is 0 Å². The summed E-state index contributed by atoms with van der Waals surface area (Å²) in [6, 6.07) is 0. The lowest BCUT2D eigenvalue weighted by Crippen LogP contribution is -2.14. The van der Waals surface area contributed by atoms with E-state index in [0.717, 1.165) is 0 Å². The Morgan fingerprint density at radius 3 is 2.18 bits per heavy atom. The van der Waals surface area contributed by atoms with Gasteiger partial charge >= 0.3 is 0 Å². The van der Waals surface area contributed by atoms with Crippen LogP contribution in [-0.4, -0.2) is 6.10 Å². The van der Waals surface area contributed by atoms with Crippen molar-refractivity contribution >= 4 is 0 Å². The van der Waals surface area contributed by atoms with Crippen LogP contribution in [0.2, 0.25) is 0 Å². The lowest BCUT2D eigenvalue weighted by molar-refractivity contribution is 0.0204. The summed E-state index contributed by atoms with van der Waals surface area (Å²) >= 11 is 0. The Morgan fingerprint density at radius 2 is 1.82 bits per heavy atom. The maximum absolute atomic E-state index is 5.14. The summed E-state index contributed by atoms with van der Waals surface area (Å²) in [5.74, 6) is 0.582. The van der Waals surface area contributed by atoms with E-state index in [4.69, 9.17) is 4.84 Å². The minimum absolute atomic E-state index is 0.228. The van der Waals surface area contributed by atoms with Crippen LogP contribution in [0.15, 0.2) is 11.8 Å². The van der Waals surface area contributed by atoms with Gasteiger partial charge in [-0.2, -0.15) is 0 Å². The number of nitrogens with one attached hydrogen (secondary N) is 1. The van der Waals surface area contributed by atoms with Crippen LogP contribution in [0.5, 0.6) is 0 Å². The van der Waals surface area contributed by atoms with Crippen molar-refractivity contribution in [1.29, 1.82) is 0 Å². The van der Waals surface area contributed by atoms with E-state index >= 15 is 0 Å². The summed E-state index contributed by atoms with van der Waals surface area (Å²) in [5, 5.41) is 0. The third kappa shape index (κ3) is 5.92. The van der Waals surface area contributed by atoms with Crippen LogP contribution in [0.25, 0.3) is 0 Å². The first-order valence-corrected chi connectivity index (χ1v) is 4.12. The molecule has 11 heavy (non-hydrogen) atoms. The van der Waals surface area contributed by atoms with Gasteiger partial charge in [0.25, 0.3) is 0 Å². The molecule has 0 atom stereocenters. The van der Waals surface area contributed by atoms with E-state index in [1.807, 2.05) is 20.0 Å². The lowest BCUT2D eigenvalue weighted by atomic mass is 10.1. The monoisotopic (exact) mass is 157 g/mol. The van der Waals surface area contributed by atoms with E-state index in [2.05, 4.69) is 26.3 Å². The molecule has 0 rings (SSSR count). The van der Waals surface area contributed by atoms with Crippen LogP contribution in [-0.2, 0) is 4.84 Å². The van der Waals surface area contributed by atoms with Gasteiger partial charge in [-0.05, 0) is 26.7 Å². The number of rotatable bonds is 4. The van der Waals surface area contributed by atoms with Gasteiger partial charge in [-0.25, -0.2) is 0 Å². The molecule has 0 aromatic carbocycles. The number of hydrogen-bond donors (Lipinski definition) is 1. The van der Waals surface area contributed by atoms with Gasteiger partial charge in [0.15, 0.2) is 0 Å².